The van der Waals surface area contributed by atoms with E-state index >= 15 is 0 Å². The summed E-state index contributed by atoms with van der Waals surface area (Å²) in [5, 5.41) is 10.8. The van der Waals surface area contributed by atoms with E-state index in [2.05, 4.69) is 5.32 Å². The first-order valence-electron chi connectivity index (χ1n) is 5.18. The first-order chi connectivity index (χ1) is 8.04. The van der Waals surface area contributed by atoms with Crippen molar-refractivity contribution < 1.29 is 19.4 Å². The summed E-state index contributed by atoms with van der Waals surface area (Å²) in [6, 6.07) is 7.12. The maximum atomic E-state index is 11.6. The number of carbonyl (C=O) groups excluding carboxylic acids is 1. The second kappa shape index (κ2) is 5.89. The van der Waals surface area contributed by atoms with Crippen molar-refractivity contribution in [2.45, 2.75) is 12.8 Å². The van der Waals surface area contributed by atoms with Crippen molar-refractivity contribution in [1.29, 1.82) is 0 Å². The molecule has 1 amide bonds. The molecule has 5 nitrogen and oxygen atoms in total. The topological polar surface area (TPSA) is 75.6 Å². The third-order valence-electron chi connectivity index (χ3n) is 2.40. The molecule has 92 valence electrons. The van der Waals surface area contributed by atoms with Crippen LogP contribution in [0, 0.1) is 0 Å². The van der Waals surface area contributed by atoms with Gasteiger partial charge in [0.15, 0.2) is 0 Å². The van der Waals surface area contributed by atoms with Gasteiger partial charge in [-0.25, -0.2) is 0 Å². The highest BCUT2D eigenvalue weighted by Gasteiger charge is 2.16. The molecule has 0 bridgehead atoms. The fourth-order valence-corrected chi connectivity index (χ4v) is 1.38. The lowest BCUT2D eigenvalue weighted by atomic mass is 10.0. The lowest BCUT2D eigenvalue weighted by Gasteiger charge is -2.12. The van der Waals surface area contributed by atoms with E-state index < -0.39 is 11.9 Å². The number of nitrogens with one attached hydrogen (secondary N) is 1. The summed E-state index contributed by atoms with van der Waals surface area (Å²) in [7, 11) is 1.55. The normalized spacial score (nSPS) is 11.6. The van der Waals surface area contributed by atoms with Gasteiger partial charge in [0.1, 0.15) is 12.3 Å². The number of carboxylic acids is 1. The van der Waals surface area contributed by atoms with E-state index in [-0.39, 0.29) is 12.5 Å². The average molecular weight is 237 g/mol. The molecule has 17 heavy (non-hydrogen) atoms. The van der Waals surface area contributed by atoms with E-state index in [0.717, 1.165) is 5.56 Å². The van der Waals surface area contributed by atoms with Crippen LogP contribution in [0.15, 0.2) is 24.3 Å². The van der Waals surface area contributed by atoms with E-state index in [1.807, 2.05) is 0 Å². The number of ether oxygens (including phenoxy) is 1. The van der Waals surface area contributed by atoms with Crippen LogP contribution in [0.25, 0.3) is 0 Å². The van der Waals surface area contributed by atoms with Crippen LogP contribution in [-0.2, 0) is 9.59 Å². The Balaban J connectivity index is 2.70. The van der Waals surface area contributed by atoms with Crippen molar-refractivity contribution in [3.63, 3.8) is 0 Å². The average Bonchev–Trinajstić information content (AvgIpc) is 2.35. The van der Waals surface area contributed by atoms with Crippen LogP contribution >= 0.6 is 0 Å². The molecule has 1 rings (SSSR count). The molecule has 0 fully saturated rings. The number of benzene rings is 1. The van der Waals surface area contributed by atoms with Gasteiger partial charge in [0.2, 0.25) is 5.91 Å². The van der Waals surface area contributed by atoms with Crippen molar-refractivity contribution in [3.8, 4) is 5.75 Å². The summed E-state index contributed by atoms with van der Waals surface area (Å²) in [5.74, 6) is -1.12. The van der Waals surface area contributed by atoms with Crippen molar-refractivity contribution in [1.82, 2.24) is 5.32 Å². The van der Waals surface area contributed by atoms with Gasteiger partial charge >= 0.3 is 5.97 Å². The van der Waals surface area contributed by atoms with E-state index in [4.69, 9.17) is 9.84 Å². The van der Waals surface area contributed by atoms with Gasteiger partial charge in [-0.05, 0) is 24.6 Å². The van der Waals surface area contributed by atoms with Crippen LogP contribution in [0.5, 0.6) is 5.75 Å². The fourth-order valence-electron chi connectivity index (χ4n) is 1.38. The zero-order valence-electron chi connectivity index (χ0n) is 9.77. The maximum absolute atomic E-state index is 11.6. The van der Waals surface area contributed by atoms with E-state index in [1.165, 1.54) is 0 Å². The molecule has 0 aliphatic carbocycles. The number of aliphatic carboxylic acids is 1. The summed E-state index contributed by atoms with van der Waals surface area (Å²) in [6.07, 6.45) is 0. The predicted octanol–water partition coefficient (Wildman–Crippen LogP) is 0.999. The van der Waals surface area contributed by atoms with Crippen LogP contribution in [0.1, 0.15) is 18.4 Å². The third-order valence-corrected chi connectivity index (χ3v) is 2.40. The Hall–Kier alpha value is -2.04. The summed E-state index contributed by atoms with van der Waals surface area (Å²) in [5.41, 5.74) is 0.784. The Labute approximate surface area is 99.4 Å². The molecular formula is C12H15NO4. The number of hydrogen-bond donors (Lipinski definition) is 2. The molecule has 1 atom stereocenters. The van der Waals surface area contributed by atoms with Crippen molar-refractivity contribution in [2.24, 2.45) is 0 Å². The van der Waals surface area contributed by atoms with E-state index in [0.29, 0.717) is 5.75 Å². The Kier molecular flexibility index (Phi) is 4.51. The van der Waals surface area contributed by atoms with Gasteiger partial charge in [-0.15, -0.1) is 0 Å². The van der Waals surface area contributed by atoms with Crippen LogP contribution < -0.4 is 10.1 Å². The molecule has 1 aromatic carbocycles. The Morgan fingerprint density at radius 1 is 1.47 bits per heavy atom. The molecule has 5 heteroatoms. The molecule has 0 aromatic heterocycles. The second-order valence-corrected chi connectivity index (χ2v) is 3.61. The van der Waals surface area contributed by atoms with Gasteiger partial charge in [-0.1, -0.05) is 12.1 Å². The number of carbonyl (C=O) groups is 2. The minimum atomic E-state index is -1.06. The van der Waals surface area contributed by atoms with Gasteiger partial charge in [-0.3, -0.25) is 9.59 Å². The van der Waals surface area contributed by atoms with Gasteiger partial charge in [0.25, 0.3) is 0 Å². The van der Waals surface area contributed by atoms with Gasteiger partial charge in [-0.2, -0.15) is 0 Å². The largest absolute Gasteiger partial charge is 0.497 e. The molecule has 2 N–H and O–H groups in total. The summed E-state index contributed by atoms with van der Waals surface area (Å²) >= 11 is 0. The predicted molar refractivity (Wildman–Crippen MR) is 62.1 cm³/mol. The SMILES string of the molecule is COc1cccc(C(C)C(=O)NCC(=O)O)c1. The molecule has 0 spiro atoms. The Bertz CT molecular complexity index is 417. The molecule has 0 saturated carbocycles. The number of hydrogen-bond acceptors (Lipinski definition) is 3. The van der Waals surface area contributed by atoms with Crippen molar-refractivity contribution in [3.05, 3.63) is 29.8 Å². The fraction of sp³-hybridized carbons (Fsp3) is 0.333. The molecule has 0 heterocycles. The minimum Gasteiger partial charge on any atom is -0.497 e. The van der Waals surface area contributed by atoms with Crippen LogP contribution in [-0.4, -0.2) is 30.6 Å². The highest BCUT2D eigenvalue weighted by Crippen LogP contribution is 2.20. The molecular weight excluding hydrogens is 222 g/mol. The number of rotatable bonds is 5. The zero-order valence-corrected chi connectivity index (χ0v) is 9.77. The minimum absolute atomic E-state index is 0.319. The maximum Gasteiger partial charge on any atom is 0.322 e. The zero-order chi connectivity index (χ0) is 12.8. The lowest BCUT2D eigenvalue weighted by molar-refractivity contribution is -0.138. The van der Waals surface area contributed by atoms with E-state index in [9.17, 15) is 9.59 Å². The monoisotopic (exact) mass is 237 g/mol. The number of amides is 1. The summed E-state index contributed by atoms with van der Waals surface area (Å²) < 4.78 is 5.06. The van der Waals surface area contributed by atoms with Gasteiger partial charge in [0.05, 0.1) is 13.0 Å². The smallest absolute Gasteiger partial charge is 0.322 e. The first-order valence-corrected chi connectivity index (χ1v) is 5.18. The first kappa shape index (κ1) is 13.0. The van der Waals surface area contributed by atoms with E-state index in [1.54, 1.807) is 38.3 Å². The highest BCUT2D eigenvalue weighted by atomic mass is 16.5. The number of carboxylic acid groups (broad SMARTS) is 1. The quantitative estimate of drug-likeness (QED) is 0.801. The Morgan fingerprint density at radius 2 is 2.18 bits per heavy atom. The van der Waals surface area contributed by atoms with Crippen molar-refractivity contribution >= 4 is 11.9 Å². The number of methoxy groups -OCH3 is 1. The molecule has 1 aromatic rings. The Morgan fingerprint density at radius 3 is 2.76 bits per heavy atom. The standard InChI is InChI=1S/C12H15NO4/c1-8(12(16)13-7-11(14)15)9-4-3-5-10(6-9)17-2/h3-6,8H,7H2,1-2H3,(H,13,16)(H,14,15). The highest BCUT2D eigenvalue weighted by molar-refractivity contribution is 5.86. The van der Waals surface area contributed by atoms with Crippen LogP contribution in [0.4, 0.5) is 0 Å². The van der Waals surface area contributed by atoms with Crippen LogP contribution in [0.3, 0.4) is 0 Å². The summed E-state index contributed by atoms with van der Waals surface area (Å²) in [6.45, 7) is 1.35. The summed E-state index contributed by atoms with van der Waals surface area (Å²) in [4.78, 5) is 22.0. The van der Waals surface area contributed by atoms with Gasteiger partial charge in [0, 0.05) is 0 Å². The van der Waals surface area contributed by atoms with Crippen molar-refractivity contribution in [2.75, 3.05) is 13.7 Å². The van der Waals surface area contributed by atoms with Crippen LogP contribution in [0.2, 0.25) is 0 Å². The molecule has 0 aliphatic rings. The molecule has 0 aliphatic heterocycles. The third kappa shape index (κ3) is 3.79. The molecule has 0 saturated heterocycles. The molecule has 1 unspecified atom stereocenters. The second-order valence-electron chi connectivity index (χ2n) is 3.61. The van der Waals surface area contributed by atoms with Gasteiger partial charge < -0.3 is 15.2 Å². The molecule has 0 radical (unpaired) electrons. The lowest BCUT2D eigenvalue weighted by Crippen LogP contribution is -2.32.